The molecule has 0 amide bonds. The lowest BCUT2D eigenvalue weighted by atomic mass is 10.2. The predicted molar refractivity (Wildman–Crippen MR) is 85.5 cm³/mol. The first kappa shape index (κ1) is 14.9. The highest BCUT2D eigenvalue weighted by Gasteiger charge is 2.30. The van der Waals surface area contributed by atoms with Gasteiger partial charge in [-0.15, -0.1) is 11.3 Å². The Balaban J connectivity index is 1.75. The van der Waals surface area contributed by atoms with Crippen LogP contribution in [0, 0.1) is 4.77 Å². The smallest absolute Gasteiger partial charge is 0.217 e. The SMILES string of the molecule is CN(Cn1[nH]c(-c2cccs2)nc1=S)[C@@H]1CCS(=O)(=O)C1. The molecule has 3 heterocycles. The number of nitrogens with one attached hydrogen (secondary N) is 1. The highest BCUT2D eigenvalue weighted by molar-refractivity contribution is 7.91. The molecule has 0 saturated carbocycles. The minimum absolute atomic E-state index is 0.0467. The summed E-state index contributed by atoms with van der Waals surface area (Å²) in [6.45, 7) is 0.511. The minimum Gasteiger partial charge on any atom is -0.283 e. The number of rotatable bonds is 4. The maximum absolute atomic E-state index is 11.6. The highest BCUT2D eigenvalue weighted by Crippen LogP contribution is 2.21. The maximum Gasteiger partial charge on any atom is 0.217 e. The lowest BCUT2D eigenvalue weighted by Gasteiger charge is -2.22. The van der Waals surface area contributed by atoms with E-state index in [9.17, 15) is 8.42 Å². The van der Waals surface area contributed by atoms with E-state index in [0.717, 1.165) is 10.7 Å². The first-order chi connectivity index (χ1) is 9.94. The molecule has 2 aromatic rings. The molecule has 3 rings (SSSR count). The predicted octanol–water partition coefficient (Wildman–Crippen LogP) is 1.75. The fourth-order valence-electron chi connectivity index (χ4n) is 2.44. The van der Waals surface area contributed by atoms with E-state index in [1.165, 1.54) is 0 Å². The summed E-state index contributed by atoms with van der Waals surface area (Å²) in [5, 5.41) is 5.17. The molecule has 1 aliphatic heterocycles. The lowest BCUT2D eigenvalue weighted by Crippen LogP contribution is -2.34. The Morgan fingerprint density at radius 2 is 2.43 bits per heavy atom. The van der Waals surface area contributed by atoms with Crippen LogP contribution in [0.1, 0.15) is 6.42 Å². The fraction of sp³-hybridized carbons (Fsp3) is 0.500. The second-order valence-electron chi connectivity index (χ2n) is 5.22. The topological polar surface area (TPSA) is 71.0 Å². The summed E-state index contributed by atoms with van der Waals surface area (Å²) < 4.78 is 25.4. The van der Waals surface area contributed by atoms with Crippen molar-refractivity contribution in [2.75, 3.05) is 18.6 Å². The molecule has 0 spiro atoms. The van der Waals surface area contributed by atoms with Gasteiger partial charge in [-0.25, -0.2) is 13.1 Å². The molecule has 0 radical (unpaired) electrons. The summed E-state index contributed by atoms with van der Waals surface area (Å²) in [6, 6.07) is 3.99. The van der Waals surface area contributed by atoms with E-state index in [4.69, 9.17) is 12.2 Å². The Labute approximate surface area is 132 Å². The third kappa shape index (κ3) is 3.25. The van der Waals surface area contributed by atoms with Crippen LogP contribution in [0.4, 0.5) is 0 Å². The first-order valence-electron chi connectivity index (χ1n) is 6.56. The molecule has 1 fully saturated rings. The van der Waals surface area contributed by atoms with E-state index in [-0.39, 0.29) is 17.5 Å². The van der Waals surface area contributed by atoms with Crippen molar-refractivity contribution >= 4 is 33.4 Å². The van der Waals surface area contributed by atoms with E-state index in [0.29, 0.717) is 17.9 Å². The van der Waals surface area contributed by atoms with Gasteiger partial charge in [-0.05, 0) is 37.1 Å². The number of aromatic amines is 1. The summed E-state index contributed by atoms with van der Waals surface area (Å²) in [5.74, 6) is 1.25. The van der Waals surface area contributed by atoms with Gasteiger partial charge in [0.15, 0.2) is 15.7 Å². The van der Waals surface area contributed by atoms with Gasteiger partial charge in [-0.2, -0.15) is 4.98 Å². The Morgan fingerprint density at radius 1 is 1.62 bits per heavy atom. The highest BCUT2D eigenvalue weighted by atomic mass is 32.2. The molecule has 1 N–H and O–H groups in total. The molecule has 0 aromatic carbocycles. The Bertz CT molecular complexity index is 776. The zero-order valence-electron chi connectivity index (χ0n) is 11.5. The first-order valence-corrected chi connectivity index (χ1v) is 9.67. The third-order valence-corrected chi connectivity index (χ3v) is 6.57. The van der Waals surface area contributed by atoms with Gasteiger partial charge in [0.05, 0.1) is 23.1 Å². The van der Waals surface area contributed by atoms with Crippen molar-refractivity contribution in [1.82, 2.24) is 19.7 Å². The van der Waals surface area contributed by atoms with Crippen LogP contribution in [0.25, 0.3) is 10.7 Å². The molecule has 1 atom stereocenters. The quantitative estimate of drug-likeness (QED) is 0.856. The standard InChI is InChI=1S/C12H16N4O2S3/c1-15(9-4-6-21(17,18)7-9)8-16-12(19)13-11(14-16)10-3-2-5-20-10/h2-3,5,9H,4,6-8H2,1H3,(H,13,14,19)/t9-/m1/s1. The summed E-state index contributed by atoms with van der Waals surface area (Å²) >= 11 is 6.86. The molecule has 9 heteroatoms. The summed E-state index contributed by atoms with van der Waals surface area (Å²) in [4.78, 5) is 7.39. The monoisotopic (exact) mass is 344 g/mol. The molecular formula is C12H16N4O2S3. The molecule has 1 saturated heterocycles. The number of H-pyrrole nitrogens is 1. The fourth-order valence-corrected chi connectivity index (χ4v) is 5.10. The molecule has 0 bridgehead atoms. The van der Waals surface area contributed by atoms with Gasteiger partial charge in [0.2, 0.25) is 4.77 Å². The van der Waals surface area contributed by atoms with Crippen LogP contribution < -0.4 is 0 Å². The molecule has 0 aliphatic carbocycles. The molecule has 1 aliphatic rings. The maximum atomic E-state index is 11.6. The number of thiophene rings is 1. The van der Waals surface area contributed by atoms with Gasteiger partial charge in [0.1, 0.15) is 0 Å². The van der Waals surface area contributed by atoms with E-state index in [2.05, 4.69) is 10.1 Å². The van der Waals surface area contributed by atoms with Crippen molar-refractivity contribution in [2.45, 2.75) is 19.1 Å². The van der Waals surface area contributed by atoms with Gasteiger partial charge >= 0.3 is 0 Å². The van der Waals surface area contributed by atoms with Crippen molar-refractivity contribution in [3.8, 4) is 10.7 Å². The van der Waals surface area contributed by atoms with Gasteiger partial charge in [-0.1, -0.05) is 6.07 Å². The van der Waals surface area contributed by atoms with Crippen LogP contribution in [0.5, 0.6) is 0 Å². The summed E-state index contributed by atoms with van der Waals surface area (Å²) in [7, 11) is -0.959. The second kappa shape index (κ2) is 5.64. The van der Waals surface area contributed by atoms with Crippen LogP contribution in [0.2, 0.25) is 0 Å². The summed E-state index contributed by atoms with van der Waals surface area (Å²) in [5.41, 5.74) is 0. The molecule has 0 unspecified atom stereocenters. The zero-order valence-corrected chi connectivity index (χ0v) is 14.0. The average Bonchev–Trinajstić information content (AvgIpc) is 3.10. The Morgan fingerprint density at radius 3 is 3.05 bits per heavy atom. The molecule has 6 nitrogen and oxygen atoms in total. The van der Waals surface area contributed by atoms with Crippen molar-refractivity contribution in [3.05, 3.63) is 22.3 Å². The van der Waals surface area contributed by atoms with Crippen molar-refractivity contribution in [3.63, 3.8) is 0 Å². The van der Waals surface area contributed by atoms with E-state index >= 15 is 0 Å². The van der Waals surface area contributed by atoms with E-state index in [1.807, 2.05) is 29.5 Å². The van der Waals surface area contributed by atoms with Crippen LogP contribution in [0.3, 0.4) is 0 Å². The van der Waals surface area contributed by atoms with Crippen LogP contribution in [0.15, 0.2) is 17.5 Å². The molecule has 21 heavy (non-hydrogen) atoms. The molecule has 114 valence electrons. The van der Waals surface area contributed by atoms with Crippen molar-refractivity contribution in [1.29, 1.82) is 0 Å². The van der Waals surface area contributed by atoms with E-state index < -0.39 is 9.84 Å². The number of aromatic nitrogens is 3. The van der Waals surface area contributed by atoms with Gasteiger partial charge < -0.3 is 0 Å². The zero-order chi connectivity index (χ0) is 15.0. The summed E-state index contributed by atoms with van der Waals surface area (Å²) in [6.07, 6.45) is 0.679. The number of hydrogen-bond acceptors (Lipinski definition) is 6. The van der Waals surface area contributed by atoms with Gasteiger partial charge in [-0.3, -0.25) is 10.00 Å². The number of sulfone groups is 1. The van der Waals surface area contributed by atoms with Crippen LogP contribution >= 0.6 is 23.6 Å². The number of nitrogens with zero attached hydrogens (tertiary/aromatic N) is 3. The van der Waals surface area contributed by atoms with E-state index in [1.54, 1.807) is 16.0 Å². The minimum atomic E-state index is -2.87. The Hall–Kier alpha value is -1.03. The Kier molecular flexibility index (Phi) is 4.00. The average molecular weight is 344 g/mol. The largest absolute Gasteiger partial charge is 0.283 e. The van der Waals surface area contributed by atoms with Crippen molar-refractivity contribution < 1.29 is 8.42 Å². The van der Waals surface area contributed by atoms with Gasteiger partial charge in [0.25, 0.3) is 0 Å². The normalized spacial score (nSPS) is 21.1. The van der Waals surface area contributed by atoms with Crippen LogP contribution in [-0.4, -0.2) is 52.7 Å². The third-order valence-electron chi connectivity index (χ3n) is 3.63. The van der Waals surface area contributed by atoms with Crippen LogP contribution in [-0.2, 0) is 16.5 Å². The van der Waals surface area contributed by atoms with Gasteiger partial charge in [0, 0.05) is 6.04 Å². The van der Waals surface area contributed by atoms with Crippen molar-refractivity contribution in [2.24, 2.45) is 0 Å². The molecular weight excluding hydrogens is 328 g/mol. The lowest BCUT2D eigenvalue weighted by molar-refractivity contribution is 0.197. The second-order valence-corrected chi connectivity index (χ2v) is 8.76. The number of hydrogen-bond donors (Lipinski definition) is 1. The molecule has 2 aromatic heterocycles.